The molecule has 0 aliphatic carbocycles. The molecule has 1 amide bonds. The quantitative estimate of drug-likeness (QED) is 0.450. The topological polar surface area (TPSA) is 55.4 Å². The van der Waals surface area contributed by atoms with Gasteiger partial charge in [-0.2, -0.15) is 0 Å². The minimum atomic E-state index is -0.350. The van der Waals surface area contributed by atoms with Crippen LogP contribution in [0, 0.1) is 0 Å². The van der Waals surface area contributed by atoms with E-state index in [1.807, 2.05) is 24.3 Å². The summed E-state index contributed by atoms with van der Waals surface area (Å²) >= 11 is 7.51. The summed E-state index contributed by atoms with van der Waals surface area (Å²) in [6.07, 6.45) is 0. The number of amides is 1. The number of para-hydroxylation sites is 1. The molecule has 0 unspecified atom stereocenters. The fourth-order valence-electron chi connectivity index (χ4n) is 3.14. The molecule has 1 aromatic heterocycles. The van der Waals surface area contributed by atoms with Crippen LogP contribution in [-0.4, -0.2) is 13.0 Å². The largest absolute Gasteiger partial charge is 0.496 e. The van der Waals surface area contributed by atoms with Crippen LogP contribution in [0.15, 0.2) is 77.6 Å². The lowest BCUT2D eigenvalue weighted by Gasteiger charge is -2.13. The number of carbonyl (C=O) groups is 1. The van der Waals surface area contributed by atoms with E-state index in [9.17, 15) is 9.59 Å². The highest BCUT2D eigenvalue weighted by atomic mass is 35.5. The lowest BCUT2D eigenvalue weighted by atomic mass is 10.1. The van der Waals surface area contributed by atoms with Gasteiger partial charge in [0.05, 0.1) is 18.2 Å². The molecule has 0 bridgehead atoms. The van der Waals surface area contributed by atoms with Crippen molar-refractivity contribution in [2.45, 2.75) is 0 Å². The maximum atomic E-state index is 13.3. The molecule has 4 rings (SSSR count). The monoisotopic (exact) mass is 421 g/mol. The van der Waals surface area contributed by atoms with Crippen LogP contribution in [0.1, 0.15) is 10.4 Å². The molecule has 144 valence electrons. The fourth-order valence-corrected chi connectivity index (χ4v) is 4.42. The van der Waals surface area contributed by atoms with Crippen molar-refractivity contribution in [3.8, 4) is 16.9 Å². The van der Waals surface area contributed by atoms with Gasteiger partial charge in [-0.05, 0) is 42.0 Å². The third-order valence-corrected chi connectivity index (χ3v) is 5.81. The third-order valence-electron chi connectivity index (χ3n) is 4.49. The molecule has 4 nitrogen and oxygen atoms in total. The van der Waals surface area contributed by atoms with E-state index >= 15 is 0 Å². The van der Waals surface area contributed by atoms with Crippen molar-refractivity contribution in [2.75, 3.05) is 12.4 Å². The van der Waals surface area contributed by atoms with E-state index in [-0.39, 0.29) is 11.3 Å². The van der Waals surface area contributed by atoms with Gasteiger partial charge in [0.2, 0.25) is 0 Å². The second-order valence-electron chi connectivity index (χ2n) is 6.30. The Morgan fingerprint density at radius 3 is 2.55 bits per heavy atom. The molecule has 3 aromatic carbocycles. The van der Waals surface area contributed by atoms with Gasteiger partial charge in [0.1, 0.15) is 10.8 Å². The van der Waals surface area contributed by atoms with E-state index in [1.54, 1.807) is 48.5 Å². The van der Waals surface area contributed by atoms with Gasteiger partial charge in [0.25, 0.3) is 5.91 Å². The number of hydrogen-bond acceptors (Lipinski definition) is 4. The molecule has 0 saturated carbocycles. The summed E-state index contributed by atoms with van der Waals surface area (Å²) in [4.78, 5) is 26.3. The number of benzene rings is 3. The highest BCUT2D eigenvalue weighted by Gasteiger charge is 2.19. The molecule has 1 N–H and O–H groups in total. The standard InChI is InChI=1S/C23H16ClNO3S/c1-28-18-11-4-2-9-16(18)22(27)25-23-20(14-7-6-8-15(24)13-14)21(26)17-10-3-5-12-19(17)29-23/h2-13H,1H3,(H,25,27). The van der Waals surface area contributed by atoms with E-state index in [2.05, 4.69) is 5.32 Å². The summed E-state index contributed by atoms with van der Waals surface area (Å²) in [5.74, 6) is 0.110. The van der Waals surface area contributed by atoms with Gasteiger partial charge >= 0.3 is 0 Å². The van der Waals surface area contributed by atoms with Gasteiger partial charge in [0, 0.05) is 15.1 Å². The Bertz CT molecular complexity index is 1280. The van der Waals surface area contributed by atoms with Crippen LogP contribution in [0.4, 0.5) is 5.00 Å². The van der Waals surface area contributed by atoms with Crippen LogP contribution in [0.5, 0.6) is 5.75 Å². The van der Waals surface area contributed by atoms with Crippen LogP contribution in [0.2, 0.25) is 5.02 Å². The first kappa shape index (κ1) is 19.2. The molecule has 0 saturated heterocycles. The van der Waals surface area contributed by atoms with Crippen LogP contribution in [0.3, 0.4) is 0 Å². The van der Waals surface area contributed by atoms with E-state index in [1.165, 1.54) is 18.4 Å². The maximum Gasteiger partial charge on any atom is 0.260 e. The number of anilines is 1. The lowest BCUT2D eigenvalue weighted by molar-refractivity contribution is 0.102. The average molecular weight is 422 g/mol. The molecule has 0 aliphatic heterocycles. The Labute approximate surface area is 176 Å². The van der Waals surface area contributed by atoms with Gasteiger partial charge in [-0.15, -0.1) is 11.3 Å². The number of rotatable bonds is 4. The van der Waals surface area contributed by atoms with E-state index in [4.69, 9.17) is 16.3 Å². The zero-order valence-electron chi connectivity index (χ0n) is 15.4. The van der Waals surface area contributed by atoms with Gasteiger partial charge in [-0.25, -0.2) is 0 Å². The SMILES string of the molecule is COc1ccccc1C(=O)Nc1sc2ccccc2c(=O)c1-c1cccc(Cl)c1. The van der Waals surface area contributed by atoms with Crippen LogP contribution < -0.4 is 15.5 Å². The maximum absolute atomic E-state index is 13.3. The Kier molecular flexibility index (Phi) is 5.34. The van der Waals surface area contributed by atoms with E-state index < -0.39 is 0 Å². The predicted molar refractivity (Wildman–Crippen MR) is 119 cm³/mol. The molecule has 0 atom stereocenters. The molecule has 1 heterocycles. The summed E-state index contributed by atoms with van der Waals surface area (Å²) < 4.78 is 6.08. The van der Waals surface area contributed by atoms with Crippen molar-refractivity contribution in [2.24, 2.45) is 0 Å². The number of hydrogen-bond donors (Lipinski definition) is 1. The van der Waals surface area contributed by atoms with Gasteiger partial charge in [0.15, 0.2) is 5.43 Å². The normalized spacial score (nSPS) is 10.7. The number of methoxy groups -OCH3 is 1. The van der Waals surface area contributed by atoms with Crippen molar-refractivity contribution in [3.63, 3.8) is 0 Å². The summed E-state index contributed by atoms with van der Waals surface area (Å²) in [6, 6.07) is 21.3. The number of fused-ring (bicyclic) bond motifs is 1. The zero-order chi connectivity index (χ0) is 20.4. The summed E-state index contributed by atoms with van der Waals surface area (Å²) in [7, 11) is 1.51. The first-order valence-electron chi connectivity index (χ1n) is 8.84. The van der Waals surface area contributed by atoms with Crippen LogP contribution in [0.25, 0.3) is 21.2 Å². The van der Waals surface area contributed by atoms with Crippen molar-refractivity contribution in [3.05, 3.63) is 93.6 Å². The number of carbonyl (C=O) groups excluding carboxylic acids is 1. The zero-order valence-corrected chi connectivity index (χ0v) is 17.0. The van der Waals surface area contributed by atoms with Gasteiger partial charge in [-0.1, -0.05) is 48.0 Å². The fraction of sp³-hybridized carbons (Fsp3) is 0.0435. The van der Waals surface area contributed by atoms with Crippen molar-refractivity contribution in [1.29, 1.82) is 0 Å². The summed E-state index contributed by atoms with van der Waals surface area (Å²) in [5.41, 5.74) is 1.30. The van der Waals surface area contributed by atoms with Gasteiger partial charge in [-0.3, -0.25) is 9.59 Å². The number of nitrogens with one attached hydrogen (secondary N) is 1. The van der Waals surface area contributed by atoms with Crippen LogP contribution >= 0.6 is 22.9 Å². The van der Waals surface area contributed by atoms with Crippen molar-refractivity contribution < 1.29 is 9.53 Å². The van der Waals surface area contributed by atoms with E-state index in [0.717, 1.165) is 4.70 Å². The van der Waals surface area contributed by atoms with E-state index in [0.29, 0.717) is 37.8 Å². The molecular weight excluding hydrogens is 406 g/mol. The Balaban J connectivity index is 1.90. The van der Waals surface area contributed by atoms with Crippen molar-refractivity contribution >= 4 is 43.9 Å². The minimum absolute atomic E-state index is 0.156. The highest BCUT2D eigenvalue weighted by molar-refractivity contribution is 7.22. The molecule has 4 aromatic rings. The number of ether oxygens (including phenoxy) is 1. The summed E-state index contributed by atoms with van der Waals surface area (Å²) in [6.45, 7) is 0. The van der Waals surface area contributed by atoms with Crippen LogP contribution in [-0.2, 0) is 0 Å². The summed E-state index contributed by atoms with van der Waals surface area (Å²) in [5, 5.41) is 4.49. The molecule has 29 heavy (non-hydrogen) atoms. The molecule has 0 spiro atoms. The first-order chi connectivity index (χ1) is 14.1. The minimum Gasteiger partial charge on any atom is -0.496 e. The highest BCUT2D eigenvalue weighted by Crippen LogP contribution is 2.35. The number of halogens is 1. The average Bonchev–Trinajstić information content (AvgIpc) is 2.74. The Hall–Kier alpha value is -3.15. The molecule has 0 radical (unpaired) electrons. The smallest absolute Gasteiger partial charge is 0.260 e. The second-order valence-corrected chi connectivity index (χ2v) is 7.78. The molecule has 0 aliphatic rings. The predicted octanol–water partition coefficient (Wildman–Crippen LogP) is 5.84. The Morgan fingerprint density at radius 2 is 1.76 bits per heavy atom. The molecule has 0 fully saturated rings. The first-order valence-corrected chi connectivity index (χ1v) is 10.0. The third kappa shape index (κ3) is 3.75. The second kappa shape index (κ2) is 8.07. The molecular formula is C23H16ClNO3S. The van der Waals surface area contributed by atoms with Crippen molar-refractivity contribution in [1.82, 2.24) is 0 Å². The lowest BCUT2D eigenvalue weighted by Crippen LogP contribution is -2.16. The molecule has 6 heteroatoms. The Morgan fingerprint density at radius 1 is 1.00 bits per heavy atom. The van der Waals surface area contributed by atoms with Gasteiger partial charge < -0.3 is 10.1 Å².